The van der Waals surface area contributed by atoms with Gasteiger partial charge in [0, 0.05) is 22.3 Å². The minimum absolute atomic E-state index is 0.166. The molecule has 1 amide bonds. The van der Waals surface area contributed by atoms with Crippen molar-refractivity contribution in [1.29, 1.82) is 0 Å². The number of hydrogen-bond donors (Lipinski definition) is 2. The zero-order chi connectivity index (χ0) is 24.5. The van der Waals surface area contributed by atoms with Crippen molar-refractivity contribution in [2.75, 3.05) is 5.32 Å². The normalized spacial score (nSPS) is 11.0. The van der Waals surface area contributed by atoms with Crippen LogP contribution in [0.3, 0.4) is 0 Å². The number of benzene rings is 6. The van der Waals surface area contributed by atoms with Crippen LogP contribution >= 0.6 is 0 Å². The number of carbonyl (C=O) groups excluding carboxylic acids is 1. The molecule has 0 heterocycles. The Labute approximate surface area is 209 Å². The maximum atomic E-state index is 13.5. The zero-order valence-corrected chi connectivity index (χ0v) is 19.5. The van der Waals surface area contributed by atoms with Crippen LogP contribution in [-0.4, -0.2) is 11.0 Å². The van der Waals surface area contributed by atoms with E-state index in [0.29, 0.717) is 16.8 Å². The van der Waals surface area contributed by atoms with E-state index in [2.05, 4.69) is 17.4 Å². The second kappa shape index (κ2) is 9.05. The van der Waals surface area contributed by atoms with Crippen molar-refractivity contribution in [2.24, 2.45) is 0 Å². The van der Waals surface area contributed by atoms with Crippen LogP contribution in [0.25, 0.3) is 43.8 Å². The van der Waals surface area contributed by atoms with Crippen LogP contribution in [0, 0.1) is 0 Å². The Morgan fingerprint density at radius 3 is 1.89 bits per heavy atom. The molecule has 6 rings (SSSR count). The summed E-state index contributed by atoms with van der Waals surface area (Å²) in [7, 11) is 0. The van der Waals surface area contributed by atoms with Crippen molar-refractivity contribution >= 4 is 33.1 Å². The van der Waals surface area contributed by atoms with Gasteiger partial charge in [-0.15, -0.1) is 0 Å². The van der Waals surface area contributed by atoms with Gasteiger partial charge in [-0.3, -0.25) is 4.79 Å². The fourth-order valence-electron chi connectivity index (χ4n) is 4.88. The minimum Gasteiger partial charge on any atom is -0.507 e. The molecule has 0 aliphatic carbocycles. The van der Waals surface area contributed by atoms with Crippen LogP contribution in [0.2, 0.25) is 0 Å². The molecule has 0 atom stereocenters. The van der Waals surface area contributed by atoms with E-state index in [1.807, 2.05) is 97.1 Å². The molecule has 0 fully saturated rings. The third kappa shape index (κ3) is 3.77. The minimum atomic E-state index is -0.205. The summed E-state index contributed by atoms with van der Waals surface area (Å²) in [5.41, 5.74) is 4.60. The van der Waals surface area contributed by atoms with Gasteiger partial charge >= 0.3 is 0 Å². The molecule has 36 heavy (non-hydrogen) atoms. The van der Waals surface area contributed by atoms with Gasteiger partial charge in [0.15, 0.2) is 0 Å². The number of amides is 1. The predicted octanol–water partition coefficient (Wildman–Crippen LogP) is 8.28. The first-order valence-corrected chi connectivity index (χ1v) is 11.9. The number of nitrogens with one attached hydrogen (secondary N) is 1. The van der Waals surface area contributed by atoms with Crippen molar-refractivity contribution < 1.29 is 9.90 Å². The van der Waals surface area contributed by atoms with Gasteiger partial charge in [0.1, 0.15) is 5.75 Å². The average Bonchev–Trinajstić information content (AvgIpc) is 2.94. The molecule has 3 heteroatoms. The highest BCUT2D eigenvalue weighted by molar-refractivity contribution is 6.18. The topological polar surface area (TPSA) is 49.3 Å². The summed E-state index contributed by atoms with van der Waals surface area (Å²) in [6, 6.07) is 41.1. The monoisotopic (exact) mass is 465 g/mol. The molecule has 172 valence electrons. The Bertz CT molecular complexity index is 1720. The Kier molecular flexibility index (Phi) is 5.44. The van der Waals surface area contributed by atoms with Gasteiger partial charge in [0.25, 0.3) is 5.91 Å². The van der Waals surface area contributed by atoms with Crippen molar-refractivity contribution in [3.05, 3.63) is 133 Å². The summed E-state index contributed by atoms with van der Waals surface area (Å²) in [5.74, 6) is -0.0386. The van der Waals surface area contributed by atoms with Gasteiger partial charge in [0.2, 0.25) is 0 Å². The summed E-state index contributed by atoms with van der Waals surface area (Å²) >= 11 is 0. The lowest BCUT2D eigenvalue weighted by Crippen LogP contribution is -2.13. The van der Waals surface area contributed by atoms with Crippen molar-refractivity contribution in [1.82, 2.24) is 0 Å². The number of aromatic hydroxyl groups is 1. The molecule has 0 bridgehead atoms. The summed E-state index contributed by atoms with van der Waals surface area (Å²) in [4.78, 5) is 13.5. The number of carbonyl (C=O) groups is 1. The molecular weight excluding hydrogens is 442 g/mol. The zero-order valence-electron chi connectivity index (χ0n) is 19.5. The van der Waals surface area contributed by atoms with Gasteiger partial charge in [-0.25, -0.2) is 0 Å². The summed E-state index contributed by atoms with van der Waals surface area (Å²) in [5, 5.41) is 18.4. The first-order valence-electron chi connectivity index (χ1n) is 11.9. The lowest BCUT2D eigenvalue weighted by Gasteiger charge is -2.21. The Balaban J connectivity index is 1.73. The molecule has 0 radical (unpaired) electrons. The SMILES string of the molecule is O=C(Nc1c(-c2ccccc2)cc2ccccc2c1-c1c(O)ccc2ccccc12)c1ccccc1. The number of phenolic OH excluding ortho intramolecular Hbond substituents is 1. The van der Waals surface area contributed by atoms with Crippen LogP contribution < -0.4 is 5.32 Å². The largest absolute Gasteiger partial charge is 0.507 e. The maximum absolute atomic E-state index is 13.5. The Morgan fingerprint density at radius 1 is 0.583 bits per heavy atom. The predicted molar refractivity (Wildman–Crippen MR) is 148 cm³/mol. The van der Waals surface area contributed by atoms with Crippen molar-refractivity contribution in [3.63, 3.8) is 0 Å². The molecule has 6 aromatic rings. The van der Waals surface area contributed by atoms with Gasteiger partial charge in [-0.2, -0.15) is 0 Å². The van der Waals surface area contributed by atoms with Crippen LogP contribution in [0.5, 0.6) is 5.75 Å². The van der Waals surface area contributed by atoms with Crippen LogP contribution in [0.15, 0.2) is 127 Å². The van der Waals surface area contributed by atoms with Crippen LogP contribution in [-0.2, 0) is 0 Å². The summed E-state index contributed by atoms with van der Waals surface area (Å²) in [6.45, 7) is 0. The quantitative estimate of drug-likeness (QED) is 0.275. The molecule has 2 N–H and O–H groups in total. The molecule has 6 aromatic carbocycles. The molecule has 0 saturated heterocycles. The number of fused-ring (bicyclic) bond motifs is 2. The van der Waals surface area contributed by atoms with Gasteiger partial charge < -0.3 is 10.4 Å². The highest BCUT2D eigenvalue weighted by atomic mass is 16.3. The van der Waals surface area contributed by atoms with Gasteiger partial charge in [-0.1, -0.05) is 103 Å². The molecule has 0 aromatic heterocycles. The third-order valence-electron chi connectivity index (χ3n) is 6.57. The van der Waals surface area contributed by atoms with Crippen molar-refractivity contribution in [3.8, 4) is 28.0 Å². The van der Waals surface area contributed by atoms with Gasteiger partial charge in [0.05, 0.1) is 5.69 Å². The molecule has 0 aliphatic rings. The van der Waals surface area contributed by atoms with Crippen molar-refractivity contribution in [2.45, 2.75) is 0 Å². The lowest BCUT2D eigenvalue weighted by molar-refractivity contribution is 0.102. The molecule has 0 spiro atoms. The Morgan fingerprint density at radius 2 is 1.17 bits per heavy atom. The maximum Gasteiger partial charge on any atom is 0.255 e. The molecular formula is C33H23NO2. The van der Waals surface area contributed by atoms with Crippen LogP contribution in [0.1, 0.15) is 10.4 Å². The standard InChI is InChI=1S/C33H23NO2/c35-29-20-19-23-13-7-9-17-26(23)30(29)31-27-18-10-8-16-25(27)21-28(22-11-3-1-4-12-22)32(31)34-33(36)24-14-5-2-6-15-24/h1-21,35H,(H,34,36). The van der Waals surface area contributed by atoms with E-state index >= 15 is 0 Å². The second-order valence-corrected chi connectivity index (χ2v) is 8.76. The third-order valence-corrected chi connectivity index (χ3v) is 6.57. The second-order valence-electron chi connectivity index (χ2n) is 8.76. The van der Waals surface area contributed by atoms with E-state index in [4.69, 9.17) is 0 Å². The smallest absolute Gasteiger partial charge is 0.255 e. The molecule has 3 nitrogen and oxygen atoms in total. The number of rotatable bonds is 4. The van der Waals surface area contributed by atoms with E-state index < -0.39 is 0 Å². The summed E-state index contributed by atoms with van der Waals surface area (Å²) < 4.78 is 0. The average molecular weight is 466 g/mol. The first kappa shape index (κ1) is 21.6. The van der Waals surface area contributed by atoms with Gasteiger partial charge in [-0.05, 0) is 51.4 Å². The van der Waals surface area contributed by atoms with E-state index in [-0.39, 0.29) is 11.7 Å². The van der Waals surface area contributed by atoms with E-state index in [9.17, 15) is 9.90 Å². The van der Waals surface area contributed by atoms with E-state index in [0.717, 1.165) is 38.2 Å². The fourth-order valence-corrected chi connectivity index (χ4v) is 4.88. The van der Waals surface area contributed by atoms with E-state index in [1.54, 1.807) is 18.2 Å². The summed E-state index contributed by atoms with van der Waals surface area (Å²) in [6.07, 6.45) is 0. The van der Waals surface area contributed by atoms with Crippen LogP contribution in [0.4, 0.5) is 5.69 Å². The number of hydrogen-bond acceptors (Lipinski definition) is 2. The van der Waals surface area contributed by atoms with E-state index in [1.165, 1.54) is 0 Å². The number of phenols is 1. The number of anilines is 1. The molecule has 0 saturated carbocycles. The highest BCUT2D eigenvalue weighted by Crippen LogP contribution is 2.48. The highest BCUT2D eigenvalue weighted by Gasteiger charge is 2.22. The first-order chi connectivity index (χ1) is 17.7. The lowest BCUT2D eigenvalue weighted by atomic mass is 9.87. The molecule has 0 unspecified atom stereocenters. The molecule has 0 aliphatic heterocycles. The fraction of sp³-hybridized carbons (Fsp3) is 0. The Hall–Kier alpha value is -4.89.